The van der Waals surface area contributed by atoms with Crippen LogP contribution in [0.2, 0.25) is 0 Å². The highest BCUT2D eigenvalue weighted by Crippen LogP contribution is 2.44. The van der Waals surface area contributed by atoms with E-state index < -0.39 is 6.55 Å². The predicted molar refractivity (Wildman–Crippen MR) is 144 cm³/mol. The summed E-state index contributed by atoms with van der Waals surface area (Å²) in [5.74, 6) is 2.48. The van der Waals surface area contributed by atoms with Gasteiger partial charge in [-0.1, -0.05) is 13.0 Å². The highest BCUT2D eigenvalue weighted by molar-refractivity contribution is 6.03. The van der Waals surface area contributed by atoms with Crippen molar-refractivity contribution in [2.75, 3.05) is 24.8 Å². The second-order valence-corrected chi connectivity index (χ2v) is 10.8. The third-order valence-electron chi connectivity index (χ3n) is 8.46. The molecule has 8 nitrogen and oxygen atoms in total. The summed E-state index contributed by atoms with van der Waals surface area (Å²) in [6.45, 7) is 3.72. The topological polar surface area (TPSA) is 77.7 Å². The standard InChI is InChI=1S/C29H28F2N6O2/c1-17-21(18-3-4-24-25(11-18)39-16-38-24)12-26(35-17)29(2)5-7-36(8-6-29)27-22-9-19(10-23(22)32-15-33-27)20-13-34-37(14-20)28(30)31/h3-4,9,11,13-15,28H,5-8,10,12,16H2,1-2H3. The Labute approximate surface area is 224 Å². The predicted octanol–water partition coefficient (Wildman–Crippen LogP) is 5.78. The summed E-state index contributed by atoms with van der Waals surface area (Å²) in [6, 6.07) is 6.12. The highest BCUT2D eigenvalue weighted by atomic mass is 19.3. The minimum atomic E-state index is -2.65. The molecule has 0 bridgehead atoms. The van der Waals surface area contributed by atoms with Gasteiger partial charge < -0.3 is 14.4 Å². The summed E-state index contributed by atoms with van der Waals surface area (Å²) in [4.78, 5) is 16.5. The summed E-state index contributed by atoms with van der Waals surface area (Å²) in [7, 11) is 0. The van der Waals surface area contributed by atoms with Crippen molar-refractivity contribution in [3.05, 3.63) is 65.0 Å². The minimum absolute atomic E-state index is 0.00307. The highest BCUT2D eigenvalue weighted by Gasteiger charge is 2.38. The molecule has 10 heteroatoms. The number of piperidine rings is 1. The maximum absolute atomic E-state index is 13.0. The number of aromatic nitrogens is 4. The molecule has 0 atom stereocenters. The zero-order valence-corrected chi connectivity index (χ0v) is 21.8. The van der Waals surface area contributed by atoms with Gasteiger partial charge in [0.2, 0.25) is 6.79 Å². The van der Waals surface area contributed by atoms with E-state index in [-0.39, 0.29) is 12.2 Å². The molecule has 0 saturated carbocycles. The van der Waals surface area contributed by atoms with Crippen LogP contribution in [-0.4, -0.2) is 45.3 Å². The molecular formula is C29H28F2N6O2. The first-order valence-electron chi connectivity index (χ1n) is 13.2. The average Bonchev–Trinajstić information content (AvgIpc) is 3.73. The molecule has 5 heterocycles. The van der Waals surface area contributed by atoms with Gasteiger partial charge in [0.1, 0.15) is 12.1 Å². The Morgan fingerprint density at radius 3 is 2.64 bits per heavy atom. The van der Waals surface area contributed by atoms with Gasteiger partial charge in [-0.2, -0.15) is 13.9 Å². The largest absolute Gasteiger partial charge is 0.454 e. The maximum Gasteiger partial charge on any atom is 0.333 e. The number of ether oxygens (including phenoxy) is 2. The molecule has 39 heavy (non-hydrogen) atoms. The third kappa shape index (κ3) is 4.09. The summed E-state index contributed by atoms with van der Waals surface area (Å²) in [5, 5.41) is 3.79. The van der Waals surface area contributed by atoms with Crippen molar-refractivity contribution in [3.63, 3.8) is 0 Å². The molecule has 7 rings (SSSR count). The number of allylic oxidation sites excluding steroid dienone is 3. The molecule has 0 radical (unpaired) electrons. The van der Waals surface area contributed by atoms with E-state index in [2.05, 4.69) is 45.9 Å². The van der Waals surface area contributed by atoms with Crippen molar-refractivity contribution in [1.29, 1.82) is 0 Å². The molecule has 3 aromatic rings. The Morgan fingerprint density at radius 1 is 1.03 bits per heavy atom. The van der Waals surface area contributed by atoms with Gasteiger partial charge in [0.05, 0.1) is 11.9 Å². The van der Waals surface area contributed by atoms with Gasteiger partial charge in [-0.15, -0.1) is 0 Å². The number of rotatable bonds is 5. The first-order valence-corrected chi connectivity index (χ1v) is 13.2. The van der Waals surface area contributed by atoms with E-state index >= 15 is 0 Å². The van der Waals surface area contributed by atoms with Crippen LogP contribution in [0.1, 0.15) is 62.0 Å². The van der Waals surface area contributed by atoms with Crippen molar-refractivity contribution < 1.29 is 18.3 Å². The lowest BCUT2D eigenvalue weighted by atomic mass is 9.74. The van der Waals surface area contributed by atoms with Crippen LogP contribution in [0.4, 0.5) is 14.6 Å². The van der Waals surface area contributed by atoms with Crippen molar-refractivity contribution in [3.8, 4) is 11.5 Å². The summed E-state index contributed by atoms with van der Waals surface area (Å²) < 4.78 is 37.8. The molecule has 0 amide bonds. The number of fused-ring (bicyclic) bond motifs is 2. The van der Waals surface area contributed by atoms with E-state index in [0.717, 1.165) is 77.8 Å². The zero-order valence-electron chi connectivity index (χ0n) is 21.8. The van der Waals surface area contributed by atoms with E-state index in [1.54, 1.807) is 6.33 Å². The summed E-state index contributed by atoms with van der Waals surface area (Å²) >= 11 is 0. The van der Waals surface area contributed by atoms with Crippen molar-refractivity contribution in [2.24, 2.45) is 10.4 Å². The van der Waals surface area contributed by atoms with E-state index in [1.165, 1.54) is 23.7 Å². The number of anilines is 1. The van der Waals surface area contributed by atoms with Crippen LogP contribution in [0, 0.1) is 5.41 Å². The second-order valence-electron chi connectivity index (χ2n) is 10.8. The molecule has 200 valence electrons. The molecule has 1 aromatic carbocycles. The fraction of sp³-hybridized carbons (Fsp3) is 0.379. The Morgan fingerprint density at radius 2 is 1.85 bits per heavy atom. The monoisotopic (exact) mass is 530 g/mol. The maximum atomic E-state index is 13.0. The fourth-order valence-corrected chi connectivity index (χ4v) is 6.01. The lowest BCUT2D eigenvalue weighted by Crippen LogP contribution is -2.43. The molecule has 1 aliphatic carbocycles. The lowest BCUT2D eigenvalue weighted by molar-refractivity contribution is 0.0566. The van der Waals surface area contributed by atoms with Gasteiger partial charge in [-0.05, 0) is 54.7 Å². The summed E-state index contributed by atoms with van der Waals surface area (Å²) in [6.07, 6.45) is 9.84. The first-order chi connectivity index (χ1) is 18.9. The van der Waals surface area contributed by atoms with E-state index in [4.69, 9.17) is 14.5 Å². The molecule has 0 spiro atoms. The van der Waals surface area contributed by atoms with Crippen LogP contribution in [-0.2, 0) is 6.42 Å². The van der Waals surface area contributed by atoms with Gasteiger partial charge in [0, 0.05) is 60.1 Å². The van der Waals surface area contributed by atoms with Crippen molar-refractivity contribution in [2.45, 2.75) is 46.1 Å². The number of hydrogen-bond donors (Lipinski definition) is 0. The van der Waals surface area contributed by atoms with Crippen molar-refractivity contribution >= 4 is 28.8 Å². The van der Waals surface area contributed by atoms with Crippen LogP contribution >= 0.6 is 0 Å². The van der Waals surface area contributed by atoms with Gasteiger partial charge in [-0.25, -0.2) is 14.6 Å². The molecule has 4 aliphatic rings. The zero-order chi connectivity index (χ0) is 26.7. The lowest BCUT2D eigenvalue weighted by Gasteiger charge is -2.40. The Balaban J connectivity index is 1.06. The van der Waals surface area contributed by atoms with Gasteiger partial charge >= 0.3 is 6.55 Å². The van der Waals surface area contributed by atoms with Crippen LogP contribution in [0.15, 0.2) is 47.6 Å². The third-order valence-corrected chi connectivity index (χ3v) is 8.46. The normalized spacial score (nSPS) is 19.6. The molecule has 0 unspecified atom stereocenters. The molecule has 1 saturated heterocycles. The number of aliphatic imine (C=N–C) groups is 1. The van der Waals surface area contributed by atoms with Gasteiger partial charge in [0.15, 0.2) is 11.5 Å². The first kappa shape index (κ1) is 24.0. The van der Waals surface area contributed by atoms with E-state index in [0.29, 0.717) is 16.7 Å². The molecular weight excluding hydrogens is 502 g/mol. The van der Waals surface area contributed by atoms with E-state index in [9.17, 15) is 8.78 Å². The van der Waals surface area contributed by atoms with E-state index in [1.807, 2.05) is 12.1 Å². The summed E-state index contributed by atoms with van der Waals surface area (Å²) in [5.41, 5.74) is 8.18. The number of nitrogens with zero attached hydrogens (tertiary/aromatic N) is 6. The number of hydrogen-bond acceptors (Lipinski definition) is 7. The SMILES string of the molecule is CC1=C(c2ccc3c(c2)OCO3)CC(C2(C)CCN(c3ncnc4c3C=C(c3cnn(C(F)F)c3)C4)CC2)=N1. The quantitative estimate of drug-likeness (QED) is 0.417. The Kier molecular flexibility index (Phi) is 5.54. The van der Waals surface area contributed by atoms with Crippen LogP contribution < -0.4 is 14.4 Å². The van der Waals surface area contributed by atoms with Gasteiger partial charge in [-0.3, -0.25) is 4.99 Å². The minimum Gasteiger partial charge on any atom is -0.454 e. The molecule has 1 fully saturated rings. The van der Waals surface area contributed by atoms with Crippen LogP contribution in [0.5, 0.6) is 11.5 Å². The van der Waals surface area contributed by atoms with Gasteiger partial charge in [0.25, 0.3) is 0 Å². The average molecular weight is 531 g/mol. The van der Waals surface area contributed by atoms with Crippen LogP contribution in [0.3, 0.4) is 0 Å². The van der Waals surface area contributed by atoms with Crippen LogP contribution in [0.25, 0.3) is 17.2 Å². The number of alkyl halides is 2. The molecule has 2 aromatic heterocycles. The Hall–Kier alpha value is -4.08. The number of benzene rings is 1. The molecule has 0 N–H and O–H groups in total. The smallest absolute Gasteiger partial charge is 0.333 e. The number of halogens is 2. The fourth-order valence-electron chi connectivity index (χ4n) is 6.01. The molecule has 3 aliphatic heterocycles. The second kappa shape index (κ2) is 9.00. The van der Waals surface area contributed by atoms with Crippen molar-refractivity contribution in [1.82, 2.24) is 19.7 Å². The Bertz CT molecular complexity index is 1570.